The van der Waals surface area contributed by atoms with Gasteiger partial charge in [-0.25, -0.2) is 12.7 Å². The van der Waals surface area contributed by atoms with Crippen LogP contribution in [-0.4, -0.2) is 45.6 Å². The van der Waals surface area contributed by atoms with Crippen LogP contribution in [0.25, 0.3) is 22.5 Å². The van der Waals surface area contributed by atoms with Crippen LogP contribution in [0.4, 0.5) is 0 Å². The van der Waals surface area contributed by atoms with E-state index in [2.05, 4.69) is 10.1 Å². The Balaban J connectivity index is 1.56. The third-order valence-corrected chi connectivity index (χ3v) is 7.41. The highest BCUT2D eigenvalue weighted by atomic mass is 32.2. The van der Waals surface area contributed by atoms with Gasteiger partial charge in [0.2, 0.25) is 10.0 Å². The third kappa shape index (κ3) is 4.12. The summed E-state index contributed by atoms with van der Waals surface area (Å²) >= 11 is 0. The highest BCUT2D eigenvalue weighted by molar-refractivity contribution is 7.89. The Morgan fingerprint density at radius 2 is 1.70 bits per heavy atom. The number of aromatic nitrogens is 4. The number of benzene rings is 2. The fourth-order valence-corrected chi connectivity index (χ4v) is 4.72. The molecule has 0 unspecified atom stereocenters. The highest BCUT2D eigenvalue weighted by Gasteiger charge is 2.23. The predicted molar refractivity (Wildman–Crippen MR) is 122 cm³/mol. The number of rotatable bonds is 6. The minimum absolute atomic E-state index is 0.0136. The summed E-state index contributed by atoms with van der Waals surface area (Å²) < 4.78 is 35.1. The van der Waals surface area contributed by atoms with Gasteiger partial charge in [-0.3, -0.25) is 9.59 Å². The number of fused-ring (bicyclic) bond motifs is 1. The van der Waals surface area contributed by atoms with Crippen molar-refractivity contribution in [2.24, 2.45) is 14.1 Å². The second kappa shape index (κ2) is 8.41. The van der Waals surface area contributed by atoms with Crippen LogP contribution in [0.3, 0.4) is 0 Å². The lowest BCUT2D eigenvalue weighted by Gasteiger charge is -2.17. The van der Waals surface area contributed by atoms with Crippen molar-refractivity contribution in [1.29, 1.82) is 0 Å². The molecular weight excluding hydrogens is 446 g/mol. The van der Waals surface area contributed by atoms with Gasteiger partial charge in [0.25, 0.3) is 5.89 Å². The lowest BCUT2D eigenvalue weighted by molar-refractivity contribution is 0.415. The van der Waals surface area contributed by atoms with Crippen LogP contribution in [0.2, 0.25) is 0 Å². The van der Waals surface area contributed by atoms with Crippen LogP contribution in [0.15, 0.2) is 61.5 Å². The summed E-state index contributed by atoms with van der Waals surface area (Å²) in [7, 11) is 0.513. The topological polar surface area (TPSA) is 120 Å². The van der Waals surface area contributed by atoms with Gasteiger partial charge in [0.05, 0.1) is 15.9 Å². The molecule has 0 amide bonds. The first-order valence-corrected chi connectivity index (χ1v) is 11.6. The average molecular weight is 470 g/mol. The molecule has 4 aromatic rings. The van der Waals surface area contributed by atoms with Crippen LogP contribution in [0.1, 0.15) is 11.4 Å². The Hall–Kier alpha value is -3.57. The molecule has 0 atom stereocenters. The Kier molecular flexibility index (Phi) is 5.76. The number of sulfonamides is 1. The maximum absolute atomic E-state index is 13.1. The van der Waals surface area contributed by atoms with E-state index in [0.29, 0.717) is 22.7 Å². The minimum Gasteiger partial charge on any atom is -0.334 e. The summed E-state index contributed by atoms with van der Waals surface area (Å²) in [5, 5.41) is 3.95. The molecule has 0 saturated carbocycles. The van der Waals surface area contributed by atoms with Crippen molar-refractivity contribution in [3.63, 3.8) is 0 Å². The van der Waals surface area contributed by atoms with Gasteiger partial charge in [-0.1, -0.05) is 22.9 Å². The van der Waals surface area contributed by atoms with E-state index in [1.807, 2.05) is 31.2 Å². The van der Waals surface area contributed by atoms with Crippen LogP contribution in [-0.2, 0) is 30.5 Å². The molecule has 10 nitrogen and oxygen atoms in total. The van der Waals surface area contributed by atoms with Crippen LogP contribution in [0.5, 0.6) is 0 Å². The zero-order valence-electron chi connectivity index (χ0n) is 18.6. The molecule has 33 heavy (non-hydrogen) atoms. The van der Waals surface area contributed by atoms with Gasteiger partial charge < -0.3 is 13.7 Å². The van der Waals surface area contributed by atoms with E-state index in [1.165, 1.54) is 48.2 Å². The van der Waals surface area contributed by atoms with Gasteiger partial charge in [0.1, 0.15) is 0 Å². The second-order valence-electron chi connectivity index (χ2n) is 7.84. The Bertz CT molecular complexity index is 1580. The normalized spacial score (nSPS) is 12.0. The first-order chi connectivity index (χ1) is 15.6. The standard InChI is InChI=1S/C22H23N5O5S/c1-14-6-5-7-15(12-14)20-23-19(24-32-20)10-11-25(2)33(30,31)16-8-9-17-18(13-16)27(4)22(29)21(28)26(17)3/h5-9,12-13H,10-11H2,1-4H3. The van der Waals surface area contributed by atoms with Crippen molar-refractivity contribution >= 4 is 21.1 Å². The van der Waals surface area contributed by atoms with E-state index < -0.39 is 21.1 Å². The first-order valence-electron chi connectivity index (χ1n) is 10.2. The van der Waals surface area contributed by atoms with Crippen molar-refractivity contribution in [3.8, 4) is 11.5 Å². The molecule has 0 spiro atoms. The molecule has 4 rings (SSSR count). The molecule has 2 aromatic heterocycles. The molecule has 0 aliphatic heterocycles. The number of hydrogen-bond acceptors (Lipinski definition) is 7. The number of hydrogen-bond donors (Lipinski definition) is 0. The van der Waals surface area contributed by atoms with Gasteiger partial charge in [-0.15, -0.1) is 0 Å². The molecule has 0 N–H and O–H groups in total. The van der Waals surface area contributed by atoms with E-state index in [-0.39, 0.29) is 17.9 Å². The van der Waals surface area contributed by atoms with Crippen LogP contribution in [0, 0.1) is 6.92 Å². The molecule has 0 saturated heterocycles. The molecule has 0 fully saturated rings. The fraction of sp³-hybridized carbons (Fsp3) is 0.273. The molecule has 0 aliphatic carbocycles. The van der Waals surface area contributed by atoms with Crippen molar-refractivity contribution in [2.45, 2.75) is 18.2 Å². The van der Waals surface area contributed by atoms with Gasteiger partial charge >= 0.3 is 11.1 Å². The van der Waals surface area contributed by atoms with E-state index in [4.69, 9.17) is 4.52 Å². The Morgan fingerprint density at radius 3 is 2.39 bits per heavy atom. The van der Waals surface area contributed by atoms with Crippen LogP contribution >= 0.6 is 0 Å². The summed E-state index contributed by atoms with van der Waals surface area (Å²) in [6.45, 7) is 2.09. The largest absolute Gasteiger partial charge is 0.334 e. The molecule has 0 aliphatic rings. The number of likely N-dealkylation sites (N-methyl/N-ethyl adjacent to an activating group) is 1. The number of nitrogens with zero attached hydrogens (tertiary/aromatic N) is 5. The van der Waals surface area contributed by atoms with E-state index >= 15 is 0 Å². The predicted octanol–water partition coefficient (Wildman–Crippen LogP) is 1.46. The van der Waals surface area contributed by atoms with Crippen molar-refractivity contribution in [2.75, 3.05) is 13.6 Å². The van der Waals surface area contributed by atoms with Crippen molar-refractivity contribution in [1.82, 2.24) is 23.6 Å². The van der Waals surface area contributed by atoms with Gasteiger partial charge in [-0.2, -0.15) is 4.98 Å². The lowest BCUT2D eigenvalue weighted by atomic mass is 10.1. The average Bonchev–Trinajstić information content (AvgIpc) is 3.28. The van der Waals surface area contributed by atoms with Gasteiger partial charge in [-0.05, 0) is 37.3 Å². The lowest BCUT2D eigenvalue weighted by Crippen LogP contribution is -2.39. The highest BCUT2D eigenvalue weighted by Crippen LogP contribution is 2.21. The van der Waals surface area contributed by atoms with Crippen LogP contribution < -0.4 is 11.1 Å². The fourth-order valence-electron chi connectivity index (χ4n) is 3.53. The summed E-state index contributed by atoms with van der Waals surface area (Å²) in [6, 6.07) is 12.0. The Labute approximate surface area is 189 Å². The maximum Gasteiger partial charge on any atom is 0.316 e. The van der Waals surface area contributed by atoms with Gasteiger partial charge in [0.15, 0.2) is 5.82 Å². The zero-order valence-corrected chi connectivity index (χ0v) is 19.5. The maximum atomic E-state index is 13.1. The molecule has 2 aromatic carbocycles. The molecule has 0 radical (unpaired) electrons. The SMILES string of the molecule is Cc1cccc(-c2nc(CCN(C)S(=O)(=O)c3ccc4c(c3)n(C)c(=O)c(=O)n4C)no2)c1. The van der Waals surface area contributed by atoms with Crippen molar-refractivity contribution in [3.05, 3.63) is 74.6 Å². The first kappa shape index (κ1) is 22.6. The molecular formula is C22H23N5O5S. The molecule has 2 heterocycles. The third-order valence-electron chi connectivity index (χ3n) is 5.55. The summed E-state index contributed by atoms with van der Waals surface area (Å²) in [5.74, 6) is 0.768. The minimum atomic E-state index is -3.86. The molecule has 11 heteroatoms. The quantitative estimate of drug-likeness (QED) is 0.392. The summed E-state index contributed by atoms with van der Waals surface area (Å²) in [5.41, 5.74) is 1.26. The zero-order chi connectivity index (χ0) is 23.9. The molecule has 172 valence electrons. The molecule has 0 bridgehead atoms. The summed E-state index contributed by atoms with van der Waals surface area (Å²) in [6.07, 6.45) is 0.256. The van der Waals surface area contributed by atoms with E-state index in [9.17, 15) is 18.0 Å². The number of aryl methyl sites for hydroxylation is 3. The monoisotopic (exact) mass is 469 g/mol. The summed E-state index contributed by atoms with van der Waals surface area (Å²) in [4.78, 5) is 28.5. The smallest absolute Gasteiger partial charge is 0.316 e. The second-order valence-corrected chi connectivity index (χ2v) is 9.89. The Morgan fingerprint density at radius 1 is 1.00 bits per heavy atom. The van der Waals surface area contributed by atoms with E-state index in [1.54, 1.807) is 0 Å². The van der Waals surface area contributed by atoms with E-state index in [0.717, 1.165) is 15.7 Å². The van der Waals surface area contributed by atoms with Gasteiger partial charge in [0, 0.05) is 39.7 Å². The van der Waals surface area contributed by atoms with Crippen molar-refractivity contribution < 1.29 is 12.9 Å².